The molecule has 0 atom stereocenters. The summed E-state index contributed by atoms with van der Waals surface area (Å²) in [5, 5.41) is 8.76. The molecular formula is C11H14O4S. The van der Waals surface area contributed by atoms with Crippen molar-refractivity contribution in [3.8, 4) is 0 Å². The topological polar surface area (TPSA) is 71.4 Å². The minimum Gasteiger partial charge on any atom is -0.478 e. The fraction of sp³-hybridized carbons (Fsp3) is 0.364. The zero-order chi connectivity index (χ0) is 12.2. The van der Waals surface area contributed by atoms with Gasteiger partial charge in [0.15, 0.2) is 9.84 Å². The quantitative estimate of drug-likeness (QED) is 0.856. The lowest BCUT2D eigenvalue weighted by atomic mass is 10.2. The molecule has 0 bridgehead atoms. The van der Waals surface area contributed by atoms with Crippen LogP contribution in [0, 0.1) is 0 Å². The molecular weight excluding hydrogens is 228 g/mol. The SMILES string of the molecule is CCCCS(=O)(=O)c1cccc(C(=O)O)c1. The van der Waals surface area contributed by atoms with Gasteiger partial charge in [0.25, 0.3) is 0 Å². The number of carboxylic acids is 1. The summed E-state index contributed by atoms with van der Waals surface area (Å²) in [6.45, 7) is 1.91. The maximum Gasteiger partial charge on any atom is 0.335 e. The van der Waals surface area contributed by atoms with Crippen molar-refractivity contribution in [3.63, 3.8) is 0 Å². The number of hydrogen-bond acceptors (Lipinski definition) is 3. The number of carboxylic acid groups (broad SMARTS) is 1. The smallest absolute Gasteiger partial charge is 0.335 e. The fourth-order valence-corrected chi connectivity index (χ4v) is 2.77. The van der Waals surface area contributed by atoms with Crippen molar-refractivity contribution >= 4 is 15.8 Å². The molecule has 0 saturated carbocycles. The van der Waals surface area contributed by atoms with Gasteiger partial charge in [0, 0.05) is 0 Å². The molecule has 0 radical (unpaired) electrons. The van der Waals surface area contributed by atoms with E-state index < -0.39 is 15.8 Å². The van der Waals surface area contributed by atoms with Crippen LogP contribution in [0.5, 0.6) is 0 Å². The molecule has 16 heavy (non-hydrogen) atoms. The van der Waals surface area contributed by atoms with Crippen molar-refractivity contribution in [1.29, 1.82) is 0 Å². The van der Waals surface area contributed by atoms with E-state index in [0.29, 0.717) is 6.42 Å². The number of carbonyl (C=O) groups is 1. The highest BCUT2D eigenvalue weighted by Crippen LogP contribution is 2.14. The average molecular weight is 242 g/mol. The van der Waals surface area contributed by atoms with Gasteiger partial charge in [0.05, 0.1) is 16.2 Å². The summed E-state index contributed by atoms with van der Waals surface area (Å²) in [6, 6.07) is 5.45. The summed E-state index contributed by atoms with van der Waals surface area (Å²) in [7, 11) is -3.34. The Morgan fingerprint density at radius 2 is 2.06 bits per heavy atom. The van der Waals surface area contributed by atoms with E-state index in [-0.39, 0.29) is 16.2 Å². The molecule has 0 spiro atoms. The number of aromatic carboxylic acids is 1. The Bertz CT molecular complexity index is 477. The van der Waals surface area contributed by atoms with E-state index >= 15 is 0 Å². The summed E-state index contributed by atoms with van der Waals surface area (Å²) < 4.78 is 23.5. The van der Waals surface area contributed by atoms with Gasteiger partial charge in [-0.25, -0.2) is 13.2 Å². The second-order valence-electron chi connectivity index (χ2n) is 3.51. The van der Waals surface area contributed by atoms with Crippen LogP contribution in [0.1, 0.15) is 30.1 Å². The van der Waals surface area contributed by atoms with Crippen LogP contribution in [0.25, 0.3) is 0 Å². The van der Waals surface area contributed by atoms with E-state index in [0.717, 1.165) is 6.42 Å². The number of rotatable bonds is 5. The van der Waals surface area contributed by atoms with Crippen molar-refractivity contribution in [2.24, 2.45) is 0 Å². The molecule has 1 rings (SSSR count). The molecule has 0 aliphatic rings. The largest absolute Gasteiger partial charge is 0.478 e. The van der Waals surface area contributed by atoms with Gasteiger partial charge in [-0.15, -0.1) is 0 Å². The molecule has 0 heterocycles. The lowest BCUT2D eigenvalue weighted by molar-refractivity contribution is 0.0696. The second-order valence-corrected chi connectivity index (χ2v) is 5.61. The Labute approximate surface area is 94.8 Å². The predicted octanol–water partition coefficient (Wildman–Crippen LogP) is 1.96. The predicted molar refractivity (Wildman–Crippen MR) is 60.4 cm³/mol. The lowest BCUT2D eigenvalue weighted by Crippen LogP contribution is -2.08. The van der Waals surface area contributed by atoms with E-state index in [4.69, 9.17) is 5.11 Å². The first-order valence-corrected chi connectivity index (χ1v) is 6.68. The first-order valence-electron chi connectivity index (χ1n) is 5.03. The normalized spacial score (nSPS) is 11.3. The molecule has 4 nitrogen and oxygen atoms in total. The molecule has 0 fully saturated rings. The van der Waals surface area contributed by atoms with Crippen molar-refractivity contribution in [1.82, 2.24) is 0 Å². The van der Waals surface area contributed by atoms with E-state index in [1.54, 1.807) is 0 Å². The highest BCUT2D eigenvalue weighted by atomic mass is 32.2. The minimum atomic E-state index is -3.34. The number of benzene rings is 1. The standard InChI is InChI=1S/C11H14O4S/c1-2-3-7-16(14,15)10-6-4-5-9(8-10)11(12)13/h4-6,8H,2-3,7H2,1H3,(H,12,13). The Balaban J connectivity index is 3.04. The molecule has 5 heteroatoms. The molecule has 0 unspecified atom stereocenters. The van der Waals surface area contributed by atoms with E-state index in [1.165, 1.54) is 24.3 Å². The summed E-state index contributed by atoms with van der Waals surface area (Å²) in [5.41, 5.74) is -0.00225. The van der Waals surface area contributed by atoms with E-state index in [2.05, 4.69) is 0 Å². The van der Waals surface area contributed by atoms with Gasteiger partial charge in [-0.05, 0) is 24.6 Å². The molecule has 0 aromatic heterocycles. The zero-order valence-electron chi connectivity index (χ0n) is 9.01. The van der Waals surface area contributed by atoms with Crippen LogP contribution in [0.4, 0.5) is 0 Å². The van der Waals surface area contributed by atoms with Gasteiger partial charge in [-0.1, -0.05) is 19.4 Å². The Kier molecular flexibility index (Phi) is 4.06. The molecule has 0 aliphatic carbocycles. The van der Waals surface area contributed by atoms with Crippen LogP contribution in [0.15, 0.2) is 29.2 Å². The number of unbranched alkanes of at least 4 members (excludes halogenated alkanes) is 1. The Morgan fingerprint density at radius 3 is 2.62 bits per heavy atom. The summed E-state index contributed by atoms with van der Waals surface area (Å²) in [6.07, 6.45) is 1.37. The van der Waals surface area contributed by atoms with Crippen LogP contribution in [-0.2, 0) is 9.84 Å². The molecule has 1 N–H and O–H groups in total. The van der Waals surface area contributed by atoms with Gasteiger partial charge >= 0.3 is 5.97 Å². The Morgan fingerprint density at radius 1 is 1.38 bits per heavy atom. The third-order valence-electron chi connectivity index (χ3n) is 2.21. The van der Waals surface area contributed by atoms with Crippen LogP contribution < -0.4 is 0 Å². The van der Waals surface area contributed by atoms with Crippen LogP contribution in [-0.4, -0.2) is 25.2 Å². The fourth-order valence-electron chi connectivity index (χ4n) is 1.27. The van der Waals surface area contributed by atoms with E-state index in [9.17, 15) is 13.2 Å². The number of hydrogen-bond donors (Lipinski definition) is 1. The summed E-state index contributed by atoms with van der Waals surface area (Å²) >= 11 is 0. The first kappa shape index (κ1) is 12.7. The monoisotopic (exact) mass is 242 g/mol. The first-order chi connectivity index (χ1) is 7.47. The zero-order valence-corrected chi connectivity index (χ0v) is 9.83. The molecule has 0 saturated heterocycles. The minimum absolute atomic E-state index is 0.00225. The molecule has 88 valence electrons. The summed E-state index contributed by atoms with van der Waals surface area (Å²) in [5.74, 6) is -1.06. The van der Waals surface area contributed by atoms with Crippen LogP contribution in [0.3, 0.4) is 0 Å². The Hall–Kier alpha value is -1.36. The molecule has 1 aromatic rings. The lowest BCUT2D eigenvalue weighted by Gasteiger charge is -2.04. The van der Waals surface area contributed by atoms with Gasteiger partial charge < -0.3 is 5.11 Å². The van der Waals surface area contributed by atoms with Gasteiger partial charge in [0.2, 0.25) is 0 Å². The van der Waals surface area contributed by atoms with Crippen molar-refractivity contribution in [2.75, 3.05) is 5.75 Å². The van der Waals surface area contributed by atoms with Gasteiger partial charge in [-0.2, -0.15) is 0 Å². The van der Waals surface area contributed by atoms with Crippen molar-refractivity contribution in [3.05, 3.63) is 29.8 Å². The highest BCUT2D eigenvalue weighted by molar-refractivity contribution is 7.91. The van der Waals surface area contributed by atoms with Crippen LogP contribution in [0.2, 0.25) is 0 Å². The van der Waals surface area contributed by atoms with Gasteiger partial charge in [-0.3, -0.25) is 0 Å². The summed E-state index contributed by atoms with van der Waals surface area (Å²) in [4.78, 5) is 10.8. The third kappa shape index (κ3) is 3.06. The van der Waals surface area contributed by atoms with Crippen molar-refractivity contribution < 1.29 is 18.3 Å². The highest BCUT2D eigenvalue weighted by Gasteiger charge is 2.15. The molecule has 0 amide bonds. The van der Waals surface area contributed by atoms with Crippen LogP contribution >= 0.6 is 0 Å². The third-order valence-corrected chi connectivity index (χ3v) is 4.01. The maximum absolute atomic E-state index is 11.8. The van der Waals surface area contributed by atoms with E-state index in [1.807, 2.05) is 6.92 Å². The van der Waals surface area contributed by atoms with Crippen molar-refractivity contribution in [2.45, 2.75) is 24.7 Å². The number of sulfone groups is 1. The van der Waals surface area contributed by atoms with Gasteiger partial charge in [0.1, 0.15) is 0 Å². The maximum atomic E-state index is 11.8. The molecule has 1 aromatic carbocycles. The molecule has 0 aliphatic heterocycles. The second kappa shape index (κ2) is 5.12. The average Bonchev–Trinajstić information content (AvgIpc) is 2.26.